The fraction of sp³-hybridized carbons (Fsp3) is 0.739. The van der Waals surface area contributed by atoms with Crippen LogP contribution in [-0.4, -0.2) is 41.5 Å². The minimum atomic E-state index is -2.09. The fourth-order valence-corrected chi connectivity index (χ4v) is 20.6. The van der Waals surface area contributed by atoms with Crippen molar-refractivity contribution in [2.24, 2.45) is 0 Å². The van der Waals surface area contributed by atoms with E-state index in [1.165, 1.54) is 55.2 Å². The fourth-order valence-electron chi connectivity index (χ4n) is 4.01. The second kappa shape index (κ2) is 13.9. The van der Waals surface area contributed by atoms with E-state index in [0.717, 1.165) is 12.3 Å². The number of methoxy groups -OCH3 is 1. The van der Waals surface area contributed by atoms with Gasteiger partial charge in [0.2, 0.25) is 0 Å². The van der Waals surface area contributed by atoms with Gasteiger partial charge in [-0.3, -0.25) is 0 Å². The standard InChI is InChI=1S/C11H16NO.3C4H9.Sn/c1-4-12(2)9-10-5-7-11(13-3)8-6-10;3*1-3-4-2;/h5-8H,2,4,9H2,1,3H3;3*1,3-4H2,2H3;. The Kier molecular flexibility index (Phi) is 12.7. The van der Waals surface area contributed by atoms with Crippen LogP contribution in [-0.2, 0) is 6.54 Å². The molecular formula is C23H43NOSn. The van der Waals surface area contributed by atoms with E-state index >= 15 is 0 Å². The molecule has 0 amide bonds. The zero-order chi connectivity index (χ0) is 19.3. The zero-order valence-electron chi connectivity index (χ0n) is 18.2. The summed E-state index contributed by atoms with van der Waals surface area (Å²) in [4.78, 5) is 2.76. The first-order valence-electron chi connectivity index (χ1n) is 11.0. The van der Waals surface area contributed by atoms with Gasteiger partial charge in [0, 0.05) is 0 Å². The van der Waals surface area contributed by atoms with Gasteiger partial charge in [-0.2, -0.15) is 0 Å². The molecule has 0 saturated carbocycles. The number of benzene rings is 1. The summed E-state index contributed by atoms with van der Waals surface area (Å²) in [6.07, 6.45) is 8.47. The van der Waals surface area contributed by atoms with Gasteiger partial charge in [-0.1, -0.05) is 0 Å². The van der Waals surface area contributed by atoms with E-state index in [1.54, 1.807) is 20.4 Å². The van der Waals surface area contributed by atoms with Crippen molar-refractivity contribution in [2.45, 2.75) is 86.1 Å². The normalized spacial score (nSPS) is 11.9. The van der Waals surface area contributed by atoms with Crippen LogP contribution in [0.25, 0.3) is 0 Å². The molecule has 0 fully saturated rings. The topological polar surface area (TPSA) is 12.5 Å². The van der Waals surface area contributed by atoms with Crippen molar-refractivity contribution in [1.82, 2.24) is 4.90 Å². The van der Waals surface area contributed by atoms with Crippen LogP contribution in [0, 0.1) is 0 Å². The first-order valence-corrected chi connectivity index (χ1v) is 19.1. The second-order valence-corrected chi connectivity index (χ2v) is 21.7. The number of ether oxygens (including phenoxy) is 1. The molecule has 26 heavy (non-hydrogen) atoms. The van der Waals surface area contributed by atoms with Crippen molar-refractivity contribution < 1.29 is 4.74 Å². The third-order valence-corrected chi connectivity index (χ3v) is 21.1. The van der Waals surface area contributed by atoms with Crippen molar-refractivity contribution in [3.8, 4) is 5.75 Å². The molecule has 0 heterocycles. The summed E-state index contributed by atoms with van der Waals surface area (Å²) in [6, 6.07) is 8.68. The van der Waals surface area contributed by atoms with Gasteiger partial charge in [0.05, 0.1) is 0 Å². The molecular weight excluding hydrogens is 425 g/mol. The zero-order valence-corrected chi connectivity index (χ0v) is 21.0. The third kappa shape index (κ3) is 8.64. The van der Waals surface area contributed by atoms with Crippen LogP contribution >= 0.6 is 0 Å². The van der Waals surface area contributed by atoms with Gasteiger partial charge < -0.3 is 0 Å². The Labute approximate surface area is 167 Å². The van der Waals surface area contributed by atoms with Gasteiger partial charge >= 0.3 is 168 Å². The van der Waals surface area contributed by atoms with E-state index in [1.807, 2.05) is 0 Å². The molecule has 0 N–H and O–H groups in total. The molecule has 0 atom stereocenters. The molecule has 0 aliphatic carbocycles. The first kappa shape index (κ1) is 23.8. The predicted octanol–water partition coefficient (Wildman–Crippen LogP) is 6.91. The van der Waals surface area contributed by atoms with Gasteiger partial charge in [-0.25, -0.2) is 0 Å². The van der Waals surface area contributed by atoms with Crippen molar-refractivity contribution in [1.29, 1.82) is 0 Å². The van der Waals surface area contributed by atoms with E-state index in [4.69, 9.17) is 4.74 Å². The molecule has 1 rings (SSSR count). The maximum absolute atomic E-state index is 5.31. The van der Waals surface area contributed by atoms with Crippen LogP contribution < -0.4 is 4.74 Å². The quantitative estimate of drug-likeness (QED) is 0.260. The van der Waals surface area contributed by atoms with Crippen LogP contribution in [0.5, 0.6) is 5.75 Å². The second-order valence-electron chi connectivity index (χ2n) is 7.96. The molecule has 0 spiro atoms. The molecule has 1 aromatic rings. The number of rotatable bonds is 15. The Morgan fingerprint density at radius 1 is 0.808 bits per heavy atom. The van der Waals surface area contributed by atoms with Crippen molar-refractivity contribution in [2.75, 3.05) is 18.2 Å². The molecule has 0 saturated heterocycles. The predicted molar refractivity (Wildman–Crippen MR) is 119 cm³/mol. The summed E-state index contributed by atoms with van der Waals surface area (Å²) in [5.74, 6) is 0.958. The molecule has 0 radical (unpaired) electrons. The van der Waals surface area contributed by atoms with Gasteiger partial charge in [0.25, 0.3) is 0 Å². The van der Waals surface area contributed by atoms with Crippen LogP contribution in [0.4, 0.5) is 0 Å². The molecule has 0 unspecified atom stereocenters. The third-order valence-electron chi connectivity index (χ3n) is 5.75. The summed E-state index contributed by atoms with van der Waals surface area (Å²) < 4.78 is 11.6. The summed E-state index contributed by atoms with van der Waals surface area (Å²) in [7, 11) is 1.74. The van der Waals surface area contributed by atoms with Crippen LogP contribution in [0.3, 0.4) is 0 Å². The van der Waals surface area contributed by atoms with Crippen LogP contribution in [0.2, 0.25) is 13.3 Å². The SMILES string of the molecule is CCC[CH2][Sn]([CH2]CCC)([CH2]CCC)[CH2]N(CC)Cc1ccc(OC)cc1. The minimum absolute atomic E-state index is 0.958. The Morgan fingerprint density at radius 2 is 1.31 bits per heavy atom. The molecule has 0 bridgehead atoms. The molecule has 2 nitrogen and oxygen atoms in total. The Morgan fingerprint density at radius 3 is 1.69 bits per heavy atom. The van der Waals surface area contributed by atoms with Gasteiger partial charge in [0.15, 0.2) is 0 Å². The van der Waals surface area contributed by atoms with E-state index in [-0.39, 0.29) is 0 Å². The van der Waals surface area contributed by atoms with Crippen molar-refractivity contribution in [3.05, 3.63) is 29.8 Å². The Hall–Kier alpha value is -0.221. The number of unbranched alkanes of at least 4 members (excludes halogenated alkanes) is 3. The average Bonchev–Trinajstić information content (AvgIpc) is 2.68. The van der Waals surface area contributed by atoms with E-state index in [9.17, 15) is 0 Å². The molecule has 3 heteroatoms. The number of hydrogen-bond donors (Lipinski definition) is 0. The summed E-state index contributed by atoms with van der Waals surface area (Å²) in [5.41, 5.74) is 1.43. The van der Waals surface area contributed by atoms with E-state index in [0.29, 0.717) is 0 Å². The van der Waals surface area contributed by atoms with Crippen LogP contribution in [0.1, 0.15) is 71.8 Å². The van der Waals surface area contributed by atoms with E-state index < -0.39 is 18.4 Å². The van der Waals surface area contributed by atoms with Gasteiger partial charge in [0.1, 0.15) is 0 Å². The first-order chi connectivity index (χ1) is 12.6. The molecule has 0 aromatic heterocycles. The van der Waals surface area contributed by atoms with Crippen molar-refractivity contribution in [3.63, 3.8) is 0 Å². The van der Waals surface area contributed by atoms with Crippen LogP contribution in [0.15, 0.2) is 24.3 Å². The van der Waals surface area contributed by atoms with E-state index in [2.05, 4.69) is 56.9 Å². The average molecular weight is 468 g/mol. The van der Waals surface area contributed by atoms with Gasteiger partial charge in [-0.15, -0.1) is 0 Å². The molecule has 0 aliphatic rings. The molecule has 1 aromatic carbocycles. The summed E-state index contributed by atoms with van der Waals surface area (Å²) in [6.45, 7) is 11.7. The number of nitrogens with zero attached hydrogens (tertiary/aromatic N) is 1. The summed E-state index contributed by atoms with van der Waals surface area (Å²) in [5, 5.41) is 0. The monoisotopic (exact) mass is 469 g/mol. The van der Waals surface area contributed by atoms with Crippen molar-refractivity contribution >= 4 is 18.4 Å². The molecule has 150 valence electrons. The molecule has 0 aliphatic heterocycles. The summed E-state index contributed by atoms with van der Waals surface area (Å²) >= 11 is -2.09. The maximum atomic E-state index is 5.31. The van der Waals surface area contributed by atoms with Gasteiger partial charge in [-0.05, 0) is 0 Å². The Balaban J connectivity index is 2.86. The Bertz CT molecular complexity index is 438. The number of hydrogen-bond acceptors (Lipinski definition) is 2.